The molecule has 0 spiro atoms. The van der Waals surface area contributed by atoms with E-state index in [2.05, 4.69) is 9.97 Å². The van der Waals surface area contributed by atoms with Crippen molar-refractivity contribution in [2.24, 2.45) is 5.73 Å². The Morgan fingerprint density at radius 2 is 2.43 bits per heavy atom. The van der Waals surface area contributed by atoms with E-state index >= 15 is 0 Å². The maximum Gasteiger partial charge on any atom is 0.231 e. The van der Waals surface area contributed by atoms with Crippen LogP contribution in [0, 0.1) is 6.92 Å². The van der Waals surface area contributed by atoms with Gasteiger partial charge in [0, 0.05) is 11.9 Å². The standard InChI is InChI=1S/C9H13N3OS/c1-3-7(8(10)13)14-9-11-5-4-6(2)12-9/h4-5,7H,3H2,1-2H3,(H2,10,13). The van der Waals surface area contributed by atoms with Gasteiger partial charge in [0.15, 0.2) is 5.16 Å². The number of nitrogens with two attached hydrogens (primary N) is 1. The van der Waals surface area contributed by atoms with Crippen LogP contribution in [0.5, 0.6) is 0 Å². The minimum atomic E-state index is -0.317. The molecular weight excluding hydrogens is 198 g/mol. The number of rotatable bonds is 4. The van der Waals surface area contributed by atoms with Crippen LogP contribution in [0.1, 0.15) is 19.0 Å². The Balaban J connectivity index is 2.72. The zero-order valence-electron chi connectivity index (χ0n) is 8.23. The second-order valence-electron chi connectivity index (χ2n) is 2.90. The van der Waals surface area contributed by atoms with Gasteiger partial charge in [-0.1, -0.05) is 18.7 Å². The molecule has 0 saturated heterocycles. The second kappa shape index (κ2) is 4.95. The number of carbonyl (C=O) groups excluding carboxylic acids is 1. The van der Waals surface area contributed by atoms with Crippen LogP contribution in [0.4, 0.5) is 0 Å². The number of hydrogen-bond acceptors (Lipinski definition) is 4. The Hall–Kier alpha value is -1.10. The van der Waals surface area contributed by atoms with Gasteiger partial charge in [-0.3, -0.25) is 4.79 Å². The third-order valence-electron chi connectivity index (χ3n) is 1.71. The van der Waals surface area contributed by atoms with E-state index < -0.39 is 0 Å². The van der Waals surface area contributed by atoms with Crippen LogP contribution in [-0.4, -0.2) is 21.1 Å². The zero-order valence-corrected chi connectivity index (χ0v) is 9.04. The third-order valence-corrected chi connectivity index (χ3v) is 2.97. The largest absolute Gasteiger partial charge is 0.369 e. The van der Waals surface area contributed by atoms with E-state index in [1.54, 1.807) is 6.20 Å². The molecule has 0 aliphatic carbocycles. The minimum absolute atomic E-state index is 0.239. The highest BCUT2D eigenvalue weighted by Gasteiger charge is 2.15. The maximum absolute atomic E-state index is 11.0. The molecule has 1 heterocycles. The molecule has 0 aliphatic heterocycles. The van der Waals surface area contributed by atoms with Gasteiger partial charge in [0.05, 0.1) is 5.25 Å². The lowest BCUT2D eigenvalue weighted by Crippen LogP contribution is -2.25. The van der Waals surface area contributed by atoms with E-state index in [1.807, 2.05) is 19.9 Å². The molecular formula is C9H13N3OS. The predicted molar refractivity (Wildman–Crippen MR) is 55.9 cm³/mol. The Bertz CT molecular complexity index is 330. The highest BCUT2D eigenvalue weighted by atomic mass is 32.2. The lowest BCUT2D eigenvalue weighted by atomic mass is 10.3. The van der Waals surface area contributed by atoms with E-state index in [0.717, 1.165) is 5.69 Å². The molecule has 4 nitrogen and oxygen atoms in total. The van der Waals surface area contributed by atoms with Crippen molar-refractivity contribution in [2.45, 2.75) is 30.7 Å². The quantitative estimate of drug-likeness (QED) is 0.599. The number of carbonyl (C=O) groups is 1. The van der Waals surface area contributed by atoms with Crippen molar-refractivity contribution >= 4 is 17.7 Å². The van der Waals surface area contributed by atoms with Crippen molar-refractivity contribution in [1.82, 2.24) is 9.97 Å². The summed E-state index contributed by atoms with van der Waals surface area (Å²) in [6, 6.07) is 1.81. The van der Waals surface area contributed by atoms with Gasteiger partial charge in [0.25, 0.3) is 0 Å². The van der Waals surface area contributed by atoms with Crippen LogP contribution in [0.2, 0.25) is 0 Å². The summed E-state index contributed by atoms with van der Waals surface area (Å²) in [5, 5.41) is 0.368. The highest BCUT2D eigenvalue weighted by Crippen LogP contribution is 2.21. The average molecular weight is 211 g/mol. The summed E-state index contributed by atoms with van der Waals surface area (Å²) in [5.74, 6) is -0.317. The van der Waals surface area contributed by atoms with E-state index in [0.29, 0.717) is 11.6 Å². The molecule has 2 N–H and O–H groups in total. The molecule has 5 heteroatoms. The van der Waals surface area contributed by atoms with Gasteiger partial charge in [-0.15, -0.1) is 0 Å². The summed E-state index contributed by atoms with van der Waals surface area (Å²) in [4.78, 5) is 19.2. The van der Waals surface area contributed by atoms with Crippen molar-refractivity contribution in [3.8, 4) is 0 Å². The molecule has 0 fully saturated rings. The molecule has 0 bridgehead atoms. The van der Waals surface area contributed by atoms with Gasteiger partial charge in [-0.2, -0.15) is 0 Å². The molecule has 1 atom stereocenters. The van der Waals surface area contributed by atoms with Crippen LogP contribution in [0.25, 0.3) is 0 Å². The lowest BCUT2D eigenvalue weighted by Gasteiger charge is -2.08. The number of hydrogen-bond donors (Lipinski definition) is 1. The van der Waals surface area contributed by atoms with Crippen molar-refractivity contribution in [3.05, 3.63) is 18.0 Å². The maximum atomic E-state index is 11.0. The zero-order chi connectivity index (χ0) is 10.6. The summed E-state index contributed by atoms with van der Waals surface area (Å²) in [6.07, 6.45) is 2.37. The van der Waals surface area contributed by atoms with E-state index in [9.17, 15) is 4.79 Å². The summed E-state index contributed by atoms with van der Waals surface area (Å²) < 4.78 is 0. The highest BCUT2D eigenvalue weighted by molar-refractivity contribution is 8.00. The van der Waals surface area contributed by atoms with Crippen molar-refractivity contribution in [3.63, 3.8) is 0 Å². The predicted octanol–water partition coefficient (Wildman–Crippen LogP) is 1.14. The van der Waals surface area contributed by atoms with Gasteiger partial charge in [-0.25, -0.2) is 9.97 Å². The first-order chi connectivity index (χ1) is 6.63. The first-order valence-corrected chi connectivity index (χ1v) is 5.27. The number of aromatic nitrogens is 2. The number of aryl methyl sites for hydroxylation is 1. The topological polar surface area (TPSA) is 68.9 Å². The summed E-state index contributed by atoms with van der Waals surface area (Å²) in [6.45, 7) is 3.80. The summed E-state index contributed by atoms with van der Waals surface area (Å²) >= 11 is 1.31. The van der Waals surface area contributed by atoms with E-state index in [4.69, 9.17) is 5.73 Å². The van der Waals surface area contributed by atoms with Gasteiger partial charge in [0.2, 0.25) is 5.91 Å². The van der Waals surface area contributed by atoms with Crippen LogP contribution in [0.3, 0.4) is 0 Å². The Labute approximate surface area is 87.3 Å². The average Bonchev–Trinajstić information content (AvgIpc) is 2.14. The van der Waals surface area contributed by atoms with Crippen LogP contribution in [0.15, 0.2) is 17.4 Å². The van der Waals surface area contributed by atoms with Gasteiger partial charge >= 0.3 is 0 Å². The SMILES string of the molecule is CCC(Sc1nccc(C)n1)C(N)=O. The molecule has 0 aliphatic rings. The van der Waals surface area contributed by atoms with Gasteiger partial charge < -0.3 is 5.73 Å². The van der Waals surface area contributed by atoms with Crippen LogP contribution in [-0.2, 0) is 4.79 Å². The molecule has 1 unspecified atom stereocenters. The lowest BCUT2D eigenvalue weighted by molar-refractivity contribution is -0.117. The molecule has 0 radical (unpaired) electrons. The first kappa shape index (κ1) is 11.0. The van der Waals surface area contributed by atoms with Crippen LogP contribution < -0.4 is 5.73 Å². The van der Waals surface area contributed by atoms with Crippen molar-refractivity contribution < 1.29 is 4.79 Å². The molecule has 1 rings (SSSR count). The molecule has 0 aromatic carbocycles. The van der Waals surface area contributed by atoms with E-state index in [-0.39, 0.29) is 11.2 Å². The summed E-state index contributed by atoms with van der Waals surface area (Å²) in [5.41, 5.74) is 6.11. The number of nitrogens with zero attached hydrogens (tertiary/aromatic N) is 2. The Morgan fingerprint density at radius 3 is 2.93 bits per heavy atom. The number of primary amides is 1. The fraction of sp³-hybridized carbons (Fsp3) is 0.444. The molecule has 1 aromatic rings. The fourth-order valence-corrected chi connectivity index (χ4v) is 1.81. The fourth-order valence-electron chi connectivity index (χ4n) is 0.953. The van der Waals surface area contributed by atoms with E-state index in [1.165, 1.54) is 11.8 Å². The molecule has 76 valence electrons. The van der Waals surface area contributed by atoms with Crippen molar-refractivity contribution in [2.75, 3.05) is 0 Å². The monoisotopic (exact) mass is 211 g/mol. The number of thioether (sulfide) groups is 1. The normalized spacial score (nSPS) is 12.4. The molecule has 0 saturated carbocycles. The van der Waals surface area contributed by atoms with Gasteiger partial charge in [0.1, 0.15) is 0 Å². The third kappa shape index (κ3) is 2.99. The Kier molecular flexibility index (Phi) is 3.88. The second-order valence-corrected chi connectivity index (χ2v) is 4.07. The van der Waals surface area contributed by atoms with Gasteiger partial charge in [-0.05, 0) is 19.4 Å². The Morgan fingerprint density at radius 1 is 1.71 bits per heavy atom. The number of amides is 1. The molecule has 14 heavy (non-hydrogen) atoms. The van der Waals surface area contributed by atoms with Crippen molar-refractivity contribution in [1.29, 1.82) is 0 Å². The molecule has 1 amide bonds. The smallest absolute Gasteiger partial charge is 0.231 e. The minimum Gasteiger partial charge on any atom is -0.369 e. The first-order valence-electron chi connectivity index (χ1n) is 4.39. The summed E-state index contributed by atoms with van der Waals surface area (Å²) in [7, 11) is 0. The van der Waals surface area contributed by atoms with Crippen LogP contribution >= 0.6 is 11.8 Å². The molecule has 1 aromatic heterocycles.